The standard InChI is InChI=1S/C10H14N2/c1-9-6-4-3-5-7-12(11)8-10(9)2/h3-8H,11H2,1-2H3. The van der Waals surface area contributed by atoms with Crippen molar-refractivity contribution >= 4 is 0 Å². The van der Waals surface area contributed by atoms with Gasteiger partial charge in [-0.3, -0.25) is 4.68 Å². The van der Waals surface area contributed by atoms with E-state index < -0.39 is 0 Å². The third-order valence-electron chi connectivity index (χ3n) is 1.79. The van der Waals surface area contributed by atoms with Crippen LogP contribution >= 0.6 is 0 Å². The van der Waals surface area contributed by atoms with Gasteiger partial charge in [-0.25, -0.2) is 0 Å². The number of hydrogen-bond donors (Lipinski definition) is 1. The van der Waals surface area contributed by atoms with Crippen LogP contribution in [0.3, 0.4) is 0 Å². The van der Waals surface area contributed by atoms with Crippen LogP contribution in [0.15, 0.2) is 36.7 Å². The molecular weight excluding hydrogens is 148 g/mol. The van der Waals surface area contributed by atoms with E-state index >= 15 is 0 Å². The highest BCUT2D eigenvalue weighted by Crippen LogP contribution is 1.99. The zero-order chi connectivity index (χ0) is 8.97. The van der Waals surface area contributed by atoms with Gasteiger partial charge >= 0.3 is 0 Å². The van der Waals surface area contributed by atoms with Crippen molar-refractivity contribution in [2.45, 2.75) is 13.8 Å². The highest BCUT2D eigenvalue weighted by molar-refractivity contribution is 5.18. The molecule has 0 spiro atoms. The van der Waals surface area contributed by atoms with Crippen molar-refractivity contribution in [2.24, 2.45) is 0 Å². The van der Waals surface area contributed by atoms with E-state index in [-0.39, 0.29) is 0 Å². The normalized spacial score (nSPS) is 9.17. The van der Waals surface area contributed by atoms with E-state index in [9.17, 15) is 0 Å². The molecule has 1 aromatic rings. The first-order valence-electron chi connectivity index (χ1n) is 3.94. The fourth-order valence-electron chi connectivity index (χ4n) is 0.913. The van der Waals surface area contributed by atoms with Crippen molar-refractivity contribution in [3.8, 4) is 0 Å². The molecule has 0 radical (unpaired) electrons. The molecule has 0 saturated heterocycles. The van der Waals surface area contributed by atoms with E-state index in [1.807, 2.05) is 37.5 Å². The number of nitrogen functional groups attached to an aromatic ring is 1. The molecule has 12 heavy (non-hydrogen) atoms. The Labute approximate surface area is 72.9 Å². The Morgan fingerprint density at radius 1 is 1.08 bits per heavy atom. The summed E-state index contributed by atoms with van der Waals surface area (Å²) < 4.78 is 1.56. The van der Waals surface area contributed by atoms with Crippen molar-refractivity contribution in [1.82, 2.24) is 4.68 Å². The topological polar surface area (TPSA) is 30.9 Å². The van der Waals surface area contributed by atoms with E-state index in [1.165, 1.54) is 11.1 Å². The predicted octanol–water partition coefficient (Wildman–Crippen LogP) is 1.94. The maximum Gasteiger partial charge on any atom is 0.0287 e. The third kappa shape index (κ3) is 2.31. The van der Waals surface area contributed by atoms with Crippen molar-refractivity contribution < 1.29 is 0 Å². The number of aryl methyl sites for hydroxylation is 2. The van der Waals surface area contributed by atoms with E-state index in [4.69, 9.17) is 5.84 Å². The van der Waals surface area contributed by atoms with Gasteiger partial charge in [0.05, 0.1) is 0 Å². The van der Waals surface area contributed by atoms with E-state index in [0.29, 0.717) is 0 Å². The summed E-state index contributed by atoms with van der Waals surface area (Å²) in [6, 6.07) is 7.92. The highest BCUT2D eigenvalue weighted by atomic mass is 15.3. The molecule has 1 heterocycles. The second kappa shape index (κ2) is 3.81. The second-order valence-corrected chi connectivity index (χ2v) is 2.84. The summed E-state index contributed by atoms with van der Waals surface area (Å²) in [7, 11) is 0. The van der Waals surface area contributed by atoms with Gasteiger partial charge in [-0.15, -0.1) is 0 Å². The van der Waals surface area contributed by atoms with Crippen LogP contribution in [0.1, 0.15) is 11.1 Å². The number of hydrogen-bond acceptors (Lipinski definition) is 1. The zero-order valence-electron chi connectivity index (χ0n) is 7.49. The number of nitrogens with zero attached hydrogens (tertiary/aromatic N) is 1. The monoisotopic (exact) mass is 162 g/mol. The molecule has 0 aliphatic carbocycles. The molecule has 2 N–H and O–H groups in total. The van der Waals surface area contributed by atoms with Crippen molar-refractivity contribution in [3.05, 3.63) is 47.8 Å². The Bertz CT molecular complexity index is 312. The molecule has 0 unspecified atom stereocenters. The Kier molecular flexibility index (Phi) is 2.75. The summed E-state index contributed by atoms with van der Waals surface area (Å²) >= 11 is 0. The predicted molar refractivity (Wildman–Crippen MR) is 51.7 cm³/mol. The zero-order valence-corrected chi connectivity index (χ0v) is 7.49. The molecule has 0 saturated carbocycles. The molecule has 0 bridgehead atoms. The quantitative estimate of drug-likeness (QED) is 0.581. The molecule has 64 valence electrons. The molecule has 1 rings (SSSR count). The first-order valence-corrected chi connectivity index (χ1v) is 3.94. The maximum absolute atomic E-state index is 5.64. The molecule has 2 nitrogen and oxygen atoms in total. The van der Waals surface area contributed by atoms with Gasteiger partial charge in [0.25, 0.3) is 0 Å². The van der Waals surface area contributed by atoms with Gasteiger partial charge in [-0.2, -0.15) is 0 Å². The van der Waals surface area contributed by atoms with Gasteiger partial charge in [0.2, 0.25) is 0 Å². The van der Waals surface area contributed by atoms with Gasteiger partial charge in [0, 0.05) is 12.4 Å². The van der Waals surface area contributed by atoms with Crippen molar-refractivity contribution in [3.63, 3.8) is 0 Å². The van der Waals surface area contributed by atoms with Crippen LogP contribution < -0.4 is 5.84 Å². The highest BCUT2D eigenvalue weighted by Gasteiger charge is 1.84. The second-order valence-electron chi connectivity index (χ2n) is 2.84. The lowest BCUT2D eigenvalue weighted by atomic mass is 10.2. The lowest BCUT2D eigenvalue weighted by Gasteiger charge is -1.95. The van der Waals surface area contributed by atoms with Gasteiger partial charge in [0.1, 0.15) is 0 Å². The van der Waals surface area contributed by atoms with Gasteiger partial charge in [-0.1, -0.05) is 18.2 Å². The largest absolute Gasteiger partial charge is 0.340 e. The summed E-state index contributed by atoms with van der Waals surface area (Å²) in [6.07, 6.45) is 3.71. The first-order chi connectivity index (χ1) is 5.70. The minimum absolute atomic E-state index is 1.17. The van der Waals surface area contributed by atoms with Gasteiger partial charge in [0.15, 0.2) is 0 Å². The molecule has 0 aromatic carbocycles. The Hall–Kier alpha value is -1.44. The molecule has 2 heteroatoms. The molecule has 0 aliphatic heterocycles. The van der Waals surface area contributed by atoms with E-state index in [1.54, 1.807) is 4.68 Å². The maximum atomic E-state index is 5.64. The van der Waals surface area contributed by atoms with Crippen LogP contribution in [0.25, 0.3) is 0 Å². The van der Waals surface area contributed by atoms with E-state index in [2.05, 4.69) is 13.0 Å². The van der Waals surface area contributed by atoms with Crippen LogP contribution in [0.2, 0.25) is 0 Å². The molecular formula is C10H14N2. The fourth-order valence-corrected chi connectivity index (χ4v) is 0.913. The van der Waals surface area contributed by atoms with Crippen molar-refractivity contribution in [2.75, 3.05) is 5.84 Å². The van der Waals surface area contributed by atoms with Crippen molar-refractivity contribution in [1.29, 1.82) is 0 Å². The Morgan fingerprint density at radius 3 is 2.58 bits per heavy atom. The fraction of sp³-hybridized carbons (Fsp3) is 0.200. The molecule has 1 aromatic heterocycles. The van der Waals surface area contributed by atoms with E-state index in [0.717, 1.165) is 0 Å². The molecule has 0 atom stereocenters. The average Bonchev–Trinajstić information content (AvgIpc) is 2.07. The molecule has 0 amide bonds. The van der Waals surface area contributed by atoms with Gasteiger partial charge < -0.3 is 5.84 Å². The minimum Gasteiger partial charge on any atom is -0.340 e. The summed E-state index contributed by atoms with van der Waals surface area (Å²) in [5.74, 6) is 5.64. The smallest absolute Gasteiger partial charge is 0.0287 e. The SMILES string of the molecule is Cc1cccccn(N)cc1C. The number of rotatable bonds is 0. The summed E-state index contributed by atoms with van der Waals surface area (Å²) in [5.41, 5.74) is 2.40. The summed E-state index contributed by atoms with van der Waals surface area (Å²) in [6.45, 7) is 4.11. The minimum atomic E-state index is 1.17. The van der Waals surface area contributed by atoms with Crippen LogP contribution in [-0.2, 0) is 0 Å². The lowest BCUT2D eigenvalue weighted by Crippen LogP contribution is -2.05. The lowest BCUT2D eigenvalue weighted by molar-refractivity contribution is 0.984. The van der Waals surface area contributed by atoms with Crippen LogP contribution in [-0.4, -0.2) is 4.68 Å². The third-order valence-corrected chi connectivity index (χ3v) is 1.79. The average molecular weight is 162 g/mol. The van der Waals surface area contributed by atoms with Crippen LogP contribution in [0.4, 0.5) is 0 Å². The molecule has 0 aliphatic rings. The molecule has 0 fully saturated rings. The van der Waals surface area contributed by atoms with Crippen LogP contribution in [0.5, 0.6) is 0 Å². The summed E-state index contributed by atoms with van der Waals surface area (Å²) in [4.78, 5) is 0. The number of aromatic nitrogens is 1. The Morgan fingerprint density at radius 2 is 1.83 bits per heavy atom. The first kappa shape index (κ1) is 8.65. The number of nitrogens with two attached hydrogens (primary N) is 1. The van der Waals surface area contributed by atoms with Gasteiger partial charge in [-0.05, 0) is 31.0 Å². The van der Waals surface area contributed by atoms with Crippen LogP contribution in [0, 0.1) is 13.8 Å². The Balaban J connectivity index is 3.38. The summed E-state index contributed by atoms with van der Waals surface area (Å²) in [5, 5.41) is 0.